The van der Waals surface area contributed by atoms with Crippen LogP contribution in [0.15, 0.2) is 60.7 Å². The standard InChI is InChI=1S/C22H26N2O2/c25-21(19-9-5-2-6-10-19)11-12-22(26)23-20-13-15-24(16-14-20)17-18-7-3-1-4-8-18/h1-10,20H,11-17H2,(H,23,26). The Labute approximate surface area is 155 Å². The second kappa shape index (κ2) is 9.30. The van der Waals surface area contributed by atoms with E-state index in [0.717, 1.165) is 32.5 Å². The lowest BCUT2D eigenvalue weighted by Crippen LogP contribution is -2.44. The number of ketones is 1. The SMILES string of the molecule is O=C(CCC(=O)c1ccccc1)NC1CCN(Cc2ccccc2)CC1. The Morgan fingerprint density at radius 1 is 0.885 bits per heavy atom. The minimum Gasteiger partial charge on any atom is -0.353 e. The molecule has 1 fully saturated rings. The van der Waals surface area contributed by atoms with E-state index in [1.54, 1.807) is 12.1 Å². The van der Waals surface area contributed by atoms with Crippen LogP contribution in [0.3, 0.4) is 0 Å². The molecule has 0 radical (unpaired) electrons. The van der Waals surface area contributed by atoms with Crippen molar-refractivity contribution in [3.63, 3.8) is 0 Å². The third-order valence-corrected chi connectivity index (χ3v) is 4.88. The van der Waals surface area contributed by atoms with Crippen LogP contribution in [0, 0.1) is 0 Å². The molecule has 0 unspecified atom stereocenters. The second-order valence-electron chi connectivity index (χ2n) is 6.89. The zero-order valence-electron chi connectivity index (χ0n) is 15.1. The molecule has 0 bridgehead atoms. The Bertz CT molecular complexity index is 707. The number of piperidine rings is 1. The maximum absolute atomic E-state index is 12.1. The van der Waals surface area contributed by atoms with Gasteiger partial charge in [0.1, 0.15) is 0 Å². The van der Waals surface area contributed by atoms with Gasteiger partial charge in [0.05, 0.1) is 0 Å². The first kappa shape index (κ1) is 18.3. The number of hydrogen-bond donors (Lipinski definition) is 1. The van der Waals surface area contributed by atoms with Crippen molar-refractivity contribution >= 4 is 11.7 Å². The largest absolute Gasteiger partial charge is 0.353 e. The number of benzene rings is 2. The van der Waals surface area contributed by atoms with Gasteiger partial charge in [-0.15, -0.1) is 0 Å². The monoisotopic (exact) mass is 350 g/mol. The topological polar surface area (TPSA) is 49.4 Å². The Kier molecular flexibility index (Phi) is 6.56. The molecule has 0 spiro atoms. The number of nitrogens with one attached hydrogen (secondary N) is 1. The van der Waals surface area contributed by atoms with Crippen LogP contribution in [-0.2, 0) is 11.3 Å². The fourth-order valence-corrected chi connectivity index (χ4v) is 3.37. The van der Waals surface area contributed by atoms with E-state index in [0.29, 0.717) is 5.56 Å². The summed E-state index contributed by atoms with van der Waals surface area (Å²) in [5.41, 5.74) is 2.00. The summed E-state index contributed by atoms with van der Waals surface area (Å²) in [6, 6.07) is 19.9. The Hall–Kier alpha value is -2.46. The zero-order chi connectivity index (χ0) is 18.2. The van der Waals surface area contributed by atoms with Crippen LogP contribution in [0.5, 0.6) is 0 Å². The maximum atomic E-state index is 12.1. The molecule has 0 aromatic heterocycles. The van der Waals surface area contributed by atoms with Crippen LogP contribution in [0.1, 0.15) is 41.6 Å². The molecule has 0 aliphatic carbocycles. The summed E-state index contributed by atoms with van der Waals surface area (Å²) in [4.78, 5) is 26.6. The third-order valence-electron chi connectivity index (χ3n) is 4.88. The van der Waals surface area contributed by atoms with Crippen molar-refractivity contribution in [2.24, 2.45) is 0 Å². The van der Waals surface area contributed by atoms with Crippen molar-refractivity contribution in [3.8, 4) is 0 Å². The van der Waals surface area contributed by atoms with E-state index < -0.39 is 0 Å². The van der Waals surface area contributed by atoms with Crippen molar-refractivity contribution in [1.29, 1.82) is 0 Å². The van der Waals surface area contributed by atoms with E-state index in [9.17, 15) is 9.59 Å². The predicted octanol–water partition coefficient (Wildman–Crippen LogP) is 3.43. The first-order valence-electron chi connectivity index (χ1n) is 9.34. The summed E-state index contributed by atoms with van der Waals surface area (Å²) < 4.78 is 0. The molecule has 2 aromatic rings. The van der Waals surface area contributed by atoms with Gasteiger partial charge in [-0.1, -0.05) is 60.7 Å². The summed E-state index contributed by atoms with van der Waals surface area (Å²) in [5.74, 6) is 0.00854. The average molecular weight is 350 g/mol. The summed E-state index contributed by atoms with van der Waals surface area (Å²) in [5, 5.41) is 3.09. The number of hydrogen-bond acceptors (Lipinski definition) is 3. The molecule has 1 saturated heterocycles. The lowest BCUT2D eigenvalue weighted by molar-refractivity contribution is -0.122. The molecule has 1 aliphatic rings. The molecule has 0 atom stereocenters. The molecule has 4 heteroatoms. The van der Waals surface area contributed by atoms with E-state index >= 15 is 0 Å². The van der Waals surface area contributed by atoms with Gasteiger partial charge in [0.25, 0.3) is 0 Å². The lowest BCUT2D eigenvalue weighted by atomic mass is 10.0. The molecule has 1 aliphatic heterocycles. The fourth-order valence-electron chi connectivity index (χ4n) is 3.37. The van der Waals surface area contributed by atoms with Gasteiger partial charge in [-0.05, 0) is 18.4 Å². The highest BCUT2D eigenvalue weighted by molar-refractivity contribution is 5.97. The van der Waals surface area contributed by atoms with E-state index in [2.05, 4.69) is 34.5 Å². The van der Waals surface area contributed by atoms with Crippen LogP contribution in [-0.4, -0.2) is 35.7 Å². The van der Waals surface area contributed by atoms with Gasteiger partial charge in [0, 0.05) is 44.1 Å². The van der Waals surface area contributed by atoms with Crippen molar-refractivity contribution in [2.45, 2.75) is 38.3 Å². The normalized spacial score (nSPS) is 15.5. The van der Waals surface area contributed by atoms with Gasteiger partial charge in [0.15, 0.2) is 5.78 Å². The lowest BCUT2D eigenvalue weighted by Gasteiger charge is -2.32. The molecule has 26 heavy (non-hydrogen) atoms. The van der Waals surface area contributed by atoms with E-state index in [1.807, 2.05) is 24.3 Å². The van der Waals surface area contributed by atoms with Crippen molar-refractivity contribution in [2.75, 3.05) is 13.1 Å². The summed E-state index contributed by atoms with van der Waals surface area (Å²) in [6.45, 7) is 2.94. The number of rotatable bonds is 7. The Morgan fingerprint density at radius 3 is 2.15 bits per heavy atom. The van der Waals surface area contributed by atoms with Crippen molar-refractivity contribution in [1.82, 2.24) is 10.2 Å². The van der Waals surface area contributed by atoms with Gasteiger partial charge >= 0.3 is 0 Å². The number of amides is 1. The van der Waals surface area contributed by atoms with Crippen LogP contribution in [0.2, 0.25) is 0 Å². The average Bonchev–Trinajstić information content (AvgIpc) is 2.69. The Morgan fingerprint density at radius 2 is 1.50 bits per heavy atom. The van der Waals surface area contributed by atoms with E-state index in [4.69, 9.17) is 0 Å². The number of carbonyl (C=O) groups is 2. The highest BCUT2D eigenvalue weighted by Gasteiger charge is 2.21. The highest BCUT2D eigenvalue weighted by Crippen LogP contribution is 2.14. The third kappa shape index (κ3) is 5.53. The number of Topliss-reactive ketones (excluding diaryl/α,β-unsaturated/α-hetero) is 1. The second-order valence-corrected chi connectivity index (χ2v) is 6.89. The minimum absolute atomic E-state index is 0.0178. The zero-order valence-corrected chi connectivity index (χ0v) is 15.1. The quantitative estimate of drug-likeness (QED) is 0.778. The highest BCUT2D eigenvalue weighted by atomic mass is 16.2. The summed E-state index contributed by atoms with van der Waals surface area (Å²) in [7, 11) is 0. The van der Waals surface area contributed by atoms with Gasteiger partial charge < -0.3 is 5.32 Å². The summed E-state index contributed by atoms with van der Waals surface area (Å²) >= 11 is 0. The van der Waals surface area contributed by atoms with Crippen LogP contribution in [0.4, 0.5) is 0 Å². The Balaban J connectivity index is 1.36. The first-order chi connectivity index (χ1) is 12.7. The molecule has 3 rings (SSSR count). The molecular weight excluding hydrogens is 324 g/mol. The molecule has 1 heterocycles. The van der Waals surface area contributed by atoms with Crippen LogP contribution < -0.4 is 5.32 Å². The first-order valence-corrected chi connectivity index (χ1v) is 9.34. The fraction of sp³-hybridized carbons (Fsp3) is 0.364. The van der Waals surface area contributed by atoms with E-state index in [-0.39, 0.29) is 30.6 Å². The minimum atomic E-state index is -0.0178. The number of nitrogens with zero attached hydrogens (tertiary/aromatic N) is 1. The summed E-state index contributed by atoms with van der Waals surface area (Å²) in [6.07, 6.45) is 2.46. The number of carbonyl (C=O) groups excluding carboxylic acids is 2. The van der Waals surface area contributed by atoms with Crippen molar-refractivity contribution in [3.05, 3.63) is 71.8 Å². The molecule has 0 saturated carbocycles. The molecular formula is C22H26N2O2. The van der Waals surface area contributed by atoms with Crippen LogP contribution >= 0.6 is 0 Å². The van der Waals surface area contributed by atoms with Crippen LogP contribution in [0.25, 0.3) is 0 Å². The predicted molar refractivity (Wildman–Crippen MR) is 103 cm³/mol. The van der Waals surface area contributed by atoms with Gasteiger partial charge in [-0.3, -0.25) is 14.5 Å². The molecule has 2 aromatic carbocycles. The van der Waals surface area contributed by atoms with Gasteiger partial charge in [-0.25, -0.2) is 0 Å². The van der Waals surface area contributed by atoms with Crippen molar-refractivity contribution < 1.29 is 9.59 Å². The molecule has 1 N–H and O–H groups in total. The van der Waals surface area contributed by atoms with E-state index in [1.165, 1.54) is 5.56 Å². The smallest absolute Gasteiger partial charge is 0.220 e. The van der Waals surface area contributed by atoms with Gasteiger partial charge in [-0.2, -0.15) is 0 Å². The molecule has 1 amide bonds. The number of likely N-dealkylation sites (tertiary alicyclic amines) is 1. The van der Waals surface area contributed by atoms with Gasteiger partial charge in [0.2, 0.25) is 5.91 Å². The molecule has 136 valence electrons. The molecule has 4 nitrogen and oxygen atoms in total. The maximum Gasteiger partial charge on any atom is 0.220 e.